The molecule has 8 heteroatoms. The largest absolute Gasteiger partial charge is 0.435 e. The first-order valence-corrected chi connectivity index (χ1v) is 10.2. The van der Waals surface area contributed by atoms with Gasteiger partial charge in [-0.2, -0.15) is 8.78 Å². The minimum Gasteiger partial charge on any atom is -0.435 e. The highest BCUT2D eigenvalue weighted by atomic mass is 35.5. The molecule has 0 spiro atoms. The van der Waals surface area contributed by atoms with Crippen molar-refractivity contribution in [1.82, 2.24) is 4.90 Å². The van der Waals surface area contributed by atoms with Crippen LogP contribution in [-0.2, 0) is 11.3 Å². The summed E-state index contributed by atoms with van der Waals surface area (Å²) >= 11 is 6.20. The number of carbonyl (C=O) groups excluding carboxylic acids is 2. The van der Waals surface area contributed by atoms with Crippen LogP contribution in [0, 0.1) is 0 Å². The molecule has 158 valence electrons. The molecule has 0 aromatic heterocycles. The average Bonchev–Trinajstić information content (AvgIpc) is 3.53. The molecular formula is C22H21ClF2N2O3. The van der Waals surface area contributed by atoms with E-state index in [1.807, 2.05) is 21.9 Å². The van der Waals surface area contributed by atoms with Crippen molar-refractivity contribution in [2.24, 2.45) is 0 Å². The van der Waals surface area contributed by atoms with Crippen molar-refractivity contribution in [3.8, 4) is 5.75 Å². The fraction of sp³-hybridized carbons (Fsp3) is 0.364. The lowest BCUT2D eigenvalue weighted by molar-refractivity contribution is -0.132. The van der Waals surface area contributed by atoms with E-state index in [4.69, 9.17) is 11.6 Å². The summed E-state index contributed by atoms with van der Waals surface area (Å²) in [6.07, 6.45) is 2.37. The zero-order chi connectivity index (χ0) is 21.3. The van der Waals surface area contributed by atoms with Gasteiger partial charge in [-0.25, -0.2) is 0 Å². The molecule has 1 aliphatic heterocycles. The Balaban J connectivity index is 1.55. The molecule has 0 atom stereocenters. The molecule has 0 radical (unpaired) electrons. The van der Waals surface area contributed by atoms with Gasteiger partial charge >= 0.3 is 6.61 Å². The molecule has 0 saturated heterocycles. The number of hydrogen-bond acceptors (Lipinski definition) is 4. The van der Waals surface area contributed by atoms with Gasteiger partial charge in [0.1, 0.15) is 5.75 Å². The van der Waals surface area contributed by atoms with E-state index in [0.717, 1.165) is 24.1 Å². The number of hydrogen-bond donors (Lipinski definition) is 0. The third-order valence-electron chi connectivity index (χ3n) is 5.36. The van der Waals surface area contributed by atoms with Crippen molar-refractivity contribution in [1.29, 1.82) is 0 Å². The van der Waals surface area contributed by atoms with Crippen LogP contribution in [0.1, 0.15) is 35.2 Å². The van der Waals surface area contributed by atoms with Gasteiger partial charge < -0.3 is 14.5 Å². The fourth-order valence-corrected chi connectivity index (χ4v) is 3.92. The maximum atomic E-state index is 12.8. The van der Waals surface area contributed by atoms with Crippen LogP contribution in [0.25, 0.3) is 0 Å². The average molecular weight is 435 g/mol. The van der Waals surface area contributed by atoms with E-state index in [-0.39, 0.29) is 24.0 Å². The molecule has 2 aliphatic rings. The number of Topliss-reactive ketones (excluding diaryl/α,β-unsaturated/α-hetero) is 1. The Kier molecular flexibility index (Phi) is 5.90. The van der Waals surface area contributed by atoms with Gasteiger partial charge in [-0.1, -0.05) is 11.6 Å². The lowest BCUT2D eigenvalue weighted by atomic mass is 10.1. The maximum absolute atomic E-state index is 12.8. The molecule has 1 saturated carbocycles. The van der Waals surface area contributed by atoms with E-state index in [9.17, 15) is 18.4 Å². The summed E-state index contributed by atoms with van der Waals surface area (Å²) in [5.74, 6) is -0.0980. The number of anilines is 1. The van der Waals surface area contributed by atoms with Gasteiger partial charge in [0.05, 0.1) is 6.54 Å². The van der Waals surface area contributed by atoms with Crippen LogP contribution >= 0.6 is 11.6 Å². The second kappa shape index (κ2) is 8.60. The number of benzene rings is 2. The van der Waals surface area contributed by atoms with Gasteiger partial charge in [0.15, 0.2) is 5.78 Å². The van der Waals surface area contributed by atoms with Crippen LogP contribution in [0.5, 0.6) is 5.75 Å². The topological polar surface area (TPSA) is 49.9 Å². The minimum atomic E-state index is -2.91. The highest BCUT2D eigenvalue weighted by molar-refractivity contribution is 6.30. The highest BCUT2D eigenvalue weighted by Crippen LogP contribution is 2.34. The molecular weight excluding hydrogens is 414 g/mol. The summed E-state index contributed by atoms with van der Waals surface area (Å²) < 4.78 is 28.9. The van der Waals surface area contributed by atoms with Gasteiger partial charge in [0.2, 0.25) is 5.91 Å². The highest BCUT2D eigenvalue weighted by Gasteiger charge is 2.34. The Morgan fingerprint density at radius 3 is 2.57 bits per heavy atom. The quantitative estimate of drug-likeness (QED) is 0.627. The lowest BCUT2D eigenvalue weighted by Crippen LogP contribution is -2.40. The molecule has 1 heterocycles. The SMILES string of the molecule is O=C(CN1CCC(=O)N(C2CC2)Cc2cc(Cl)ccc21)c1ccc(OC(F)F)cc1. The summed E-state index contributed by atoms with van der Waals surface area (Å²) in [6.45, 7) is -1.96. The van der Waals surface area contributed by atoms with Crippen molar-refractivity contribution in [2.75, 3.05) is 18.0 Å². The fourth-order valence-electron chi connectivity index (χ4n) is 3.73. The van der Waals surface area contributed by atoms with Gasteiger partial charge in [0.25, 0.3) is 0 Å². The second-order valence-corrected chi connectivity index (χ2v) is 7.96. The zero-order valence-corrected chi connectivity index (χ0v) is 16.9. The predicted octanol–water partition coefficient (Wildman–Crippen LogP) is 4.53. The Bertz CT molecular complexity index is 948. The van der Waals surface area contributed by atoms with Crippen molar-refractivity contribution >= 4 is 29.0 Å². The number of alkyl halides is 2. The molecule has 1 amide bonds. The summed E-state index contributed by atoms with van der Waals surface area (Å²) in [5.41, 5.74) is 2.18. The number of fused-ring (bicyclic) bond motifs is 1. The Morgan fingerprint density at radius 1 is 1.17 bits per heavy atom. The zero-order valence-electron chi connectivity index (χ0n) is 16.2. The summed E-state index contributed by atoms with van der Waals surface area (Å²) in [4.78, 5) is 29.3. The van der Waals surface area contributed by atoms with Gasteiger partial charge in [0, 0.05) is 41.8 Å². The first-order valence-electron chi connectivity index (χ1n) is 9.81. The Hall–Kier alpha value is -2.67. The number of carbonyl (C=O) groups is 2. The van der Waals surface area contributed by atoms with Gasteiger partial charge in [-0.3, -0.25) is 9.59 Å². The molecule has 0 N–H and O–H groups in total. The molecule has 4 rings (SSSR count). The normalized spacial score (nSPS) is 16.9. The molecule has 30 heavy (non-hydrogen) atoms. The second-order valence-electron chi connectivity index (χ2n) is 7.52. The number of rotatable bonds is 6. The molecule has 1 fully saturated rings. The van der Waals surface area contributed by atoms with E-state index in [1.54, 1.807) is 6.07 Å². The summed E-state index contributed by atoms with van der Waals surface area (Å²) in [6, 6.07) is 11.4. The Labute approximate surface area is 178 Å². The first-order chi connectivity index (χ1) is 14.4. The van der Waals surface area contributed by atoms with Gasteiger partial charge in [-0.05, 0) is 60.9 Å². The van der Waals surface area contributed by atoms with E-state index in [2.05, 4.69) is 4.74 Å². The molecule has 1 aliphatic carbocycles. The lowest BCUT2D eigenvalue weighted by Gasteiger charge is -2.33. The van der Waals surface area contributed by atoms with Crippen molar-refractivity contribution in [2.45, 2.75) is 38.5 Å². The van der Waals surface area contributed by atoms with Gasteiger partial charge in [-0.15, -0.1) is 0 Å². The van der Waals surface area contributed by atoms with E-state index in [1.165, 1.54) is 24.3 Å². The minimum absolute atomic E-state index is 0.00133. The predicted molar refractivity (Wildman–Crippen MR) is 109 cm³/mol. The number of ether oxygens (including phenoxy) is 1. The standard InChI is InChI=1S/C22H21ClF2N2O3/c23-16-3-8-19-15(11-16)12-27(17-4-5-17)21(29)9-10-26(19)13-20(28)14-1-6-18(7-2-14)30-22(24)25/h1-3,6-8,11,17,22H,4-5,9-10,12-13H2. The van der Waals surface area contributed by atoms with Crippen LogP contribution in [-0.4, -0.2) is 42.3 Å². The first kappa shape index (κ1) is 20.6. The maximum Gasteiger partial charge on any atom is 0.387 e. The summed E-state index contributed by atoms with van der Waals surface area (Å²) in [5, 5.41) is 0.582. The molecule has 0 bridgehead atoms. The van der Waals surface area contributed by atoms with Crippen LogP contribution in [0.15, 0.2) is 42.5 Å². The van der Waals surface area contributed by atoms with Crippen LogP contribution in [0.4, 0.5) is 14.5 Å². The third kappa shape index (κ3) is 4.73. The molecule has 2 aromatic rings. The van der Waals surface area contributed by atoms with E-state index < -0.39 is 6.61 Å². The van der Waals surface area contributed by atoms with Crippen LogP contribution in [0.3, 0.4) is 0 Å². The Morgan fingerprint density at radius 2 is 1.90 bits per heavy atom. The van der Waals surface area contributed by atoms with Crippen molar-refractivity contribution in [3.63, 3.8) is 0 Å². The molecule has 5 nitrogen and oxygen atoms in total. The monoisotopic (exact) mass is 434 g/mol. The molecule has 0 unspecified atom stereocenters. The van der Waals surface area contributed by atoms with E-state index in [0.29, 0.717) is 36.1 Å². The van der Waals surface area contributed by atoms with Crippen LogP contribution in [0.2, 0.25) is 5.02 Å². The number of amides is 1. The molecule has 2 aromatic carbocycles. The number of halogens is 3. The third-order valence-corrected chi connectivity index (χ3v) is 5.60. The van der Waals surface area contributed by atoms with Crippen molar-refractivity contribution < 1.29 is 23.1 Å². The smallest absolute Gasteiger partial charge is 0.387 e. The van der Waals surface area contributed by atoms with Crippen molar-refractivity contribution in [3.05, 3.63) is 58.6 Å². The number of nitrogens with zero attached hydrogens (tertiary/aromatic N) is 2. The summed E-state index contributed by atoms with van der Waals surface area (Å²) in [7, 11) is 0. The van der Waals surface area contributed by atoms with E-state index >= 15 is 0 Å². The number of ketones is 1. The van der Waals surface area contributed by atoms with Crippen LogP contribution < -0.4 is 9.64 Å².